The first-order chi connectivity index (χ1) is 9.69. The average Bonchev–Trinajstić information content (AvgIpc) is 2.93. The van der Waals surface area contributed by atoms with Crippen LogP contribution < -0.4 is 0 Å². The molecule has 20 heavy (non-hydrogen) atoms. The molecule has 0 amide bonds. The summed E-state index contributed by atoms with van der Waals surface area (Å²) in [6.45, 7) is 4.47. The molecule has 0 aliphatic carbocycles. The molecule has 0 radical (unpaired) electrons. The van der Waals surface area contributed by atoms with E-state index in [1.807, 2.05) is 12.1 Å². The van der Waals surface area contributed by atoms with Crippen LogP contribution in [-0.4, -0.2) is 20.1 Å². The fourth-order valence-corrected chi connectivity index (χ4v) is 2.19. The van der Waals surface area contributed by atoms with Crippen LogP contribution in [0.5, 0.6) is 0 Å². The van der Waals surface area contributed by atoms with Gasteiger partial charge >= 0.3 is 0 Å². The molecule has 4 heteroatoms. The normalized spacial score (nSPS) is 11.2. The predicted octanol–water partition coefficient (Wildman–Crippen LogP) is 3.13. The van der Waals surface area contributed by atoms with Crippen molar-refractivity contribution in [2.75, 3.05) is 0 Å². The number of aliphatic hydroxyl groups excluding tert-OH is 1. The van der Waals surface area contributed by atoms with Gasteiger partial charge in [-0.05, 0) is 36.5 Å². The van der Waals surface area contributed by atoms with Gasteiger partial charge in [0.1, 0.15) is 5.69 Å². The van der Waals surface area contributed by atoms with E-state index in [9.17, 15) is 0 Å². The highest BCUT2D eigenvalue weighted by molar-refractivity contribution is 5.33. The summed E-state index contributed by atoms with van der Waals surface area (Å²) < 4.78 is 1.69. The summed E-state index contributed by atoms with van der Waals surface area (Å²) in [5, 5.41) is 16.8. The molecule has 2 aromatic rings. The first-order valence-electron chi connectivity index (χ1n) is 7.30. The molecule has 1 N–H and O–H groups in total. The van der Waals surface area contributed by atoms with Gasteiger partial charge in [-0.15, -0.1) is 5.10 Å². The molecular formula is C16H23N3O. The lowest BCUT2D eigenvalue weighted by atomic mass is 10.0. The first-order valence-corrected chi connectivity index (χ1v) is 7.30. The van der Waals surface area contributed by atoms with Crippen molar-refractivity contribution in [1.29, 1.82) is 0 Å². The highest BCUT2D eigenvalue weighted by Gasteiger charge is 2.02. The Balaban J connectivity index is 1.89. The van der Waals surface area contributed by atoms with Gasteiger partial charge in [0.05, 0.1) is 18.5 Å². The van der Waals surface area contributed by atoms with Crippen LogP contribution in [-0.2, 0) is 13.0 Å². The van der Waals surface area contributed by atoms with E-state index in [-0.39, 0.29) is 6.61 Å². The lowest BCUT2D eigenvalue weighted by Gasteiger charge is -2.05. The zero-order valence-electron chi connectivity index (χ0n) is 12.3. The van der Waals surface area contributed by atoms with Gasteiger partial charge in [0.25, 0.3) is 0 Å². The minimum atomic E-state index is -0.0755. The van der Waals surface area contributed by atoms with E-state index >= 15 is 0 Å². The number of aliphatic hydroxyl groups is 1. The highest BCUT2D eigenvalue weighted by atomic mass is 16.3. The van der Waals surface area contributed by atoms with Crippen LogP contribution in [0.15, 0.2) is 30.5 Å². The molecule has 0 unspecified atom stereocenters. The van der Waals surface area contributed by atoms with Crippen LogP contribution in [0.3, 0.4) is 0 Å². The maximum Gasteiger partial charge on any atom is 0.109 e. The number of aryl methyl sites for hydroxylation is 1. The van der Waals surface area contributed by atoms with E-state index < -0.39 is 0 Å². The van der Waals surface area contributed by atoms with E-state index in [0.29, 0.717) is 5.69 Å². The Kier molecular flexibility index (Phi) is 5.30. The summed E-state index contributed by atoms with van der Waals surface area (Å²) in [5.74, 6) is 0.797. The number of benzene rings is 1. The van der Waals surface area contributed by atoms with E-state index in [0.717, 1.165) is 18.0 Å². The fourth-order valence-electron chi connectivity index (χ4n) is 2.19. The Morgan fingerprint density at radius 1 is 1.15 bits per heavy atom. The topological polar surface area (TPSA) is 50.9 Å². The van der Waals surface area contributed by atoms with Gasteiger partial charge in [-0.25, -0.2) is 4.68 Å². The lowest BCUT2D eigenvalue weighted by Crippen LogP contribution is -1.95. The third-order valence-corrected chi connectivity index (χ3v) is 3.40. The van der Waals surface area contributed by atoms with Gasteiger partial charge in [-0.1, -0.05) is 44.0 Å². The minimum absolute atomic E-state index is 0.0755. The third-order valence-electron chi connectivity index (χ3n) is 3.40. The predicted molar refractivity (Wildman–Crippen MR) is 79.7 cm³/mol. The maximum absolute atomic E-state index is 8.99. The fraction of sp³-hybridized carbons (Fsp3) is 0.500. The Morgan fingerprint density at radius 2 is 1.90 bits per heavy atom. The van der Waals surface area contributed by atoms with Crippen LogP contribution in [0.2, 0.25) is 0 Å². The van der Waals surface area contributed by atoms with Crippen molar-refractivity contribution >= 4 is 0 Å². The van der Waals surface area contributed by atoms with Crippen molar-refractivity contribution in [3.05, 3.63) is 41.7 Å². The van der Waals surface area contributed by atoms with E-state index in [4.69, 9.17) is 5.11 Å². The number of aromatic nitrogens is 3. The molecule has 0 bridgehead atoms. The van der Waals surface area contributed by atoms with Crippen molar-refractivity contribution in [3.63, 3.8) is 0 Å². The Hall–Kier alpha value is -1.68. The number of rotatable bonds is 7. The molecule has 1 aromatic carbocycles. The molecule has 0 aliphatic heterocycles. The summed E-state index contributed by atoms with van der Waals surface area (Å²) in [6.07, 6.45) is 6.72. The lowest BCUT2D eigenvalue weighted by molar-refractivity contribution is 0.276. The van der Waals surface area contributed by atoms with Crippen molar-refractivity contribution < 1.29 is 5.11 Å². The quantitative estimate of drug-likeness (QED) is 0.788. The zero-order chi connectivity index (χ0) is 14.4. The van der Waals surface area contributed by atoms with Gasteiger partial charge in [-0.3, -0.25) is 0 Å². The number of unbranched alkanes of at least 4 members (excludes halogenated alkanes) is 1. The molecule has 0 atom stereocenters. The molecule has 0 fully saturated rings. The van der Waals surface area contributed by atoms with Gasteiger partial charge < -0.3 is 5.11 Å². The molecule has 2 rings (SSSR count). The van der Waals surface area contributed by atoms with E-state index in [2.05, 4.69) is 36.3 Å². The molecule has 1 heterocycles. The molecule has 108 valence electrons. The van der Waals surface area contributed by atoms with Crippen molar-refractivity contribution in [1.82, 2.24) is 15.0 Å². The standard InChI is InChI=1S/C16H23N3O/c1-13(2)5-3-4-6-14-7-9-16(10-8-14)19-11-15(12-20)17-18-19/h7-11,13,20H,3-6,12H2,1-2H3. The van der Waals surface area contributed by atoms with Gasteiger partial charge in [0, 0.05) is 0 Å². The number of nitrogens with zero attached hydrogens (tertiary/aromatic N) is 3. The summed E-state index contributed by atoms with van der Waals surface area (Å²) in [6, 6.07) is 8.39. The van der Waals surface area contributed by atoms with E-state index in [1.54, 1.807) is 10.9 Å². The maximum atomic E-state index is 8.99. The Labute approximate surface area is 120 Å². The summed E-state index contributed by atoms with van der Waals surface area (Å²) in [4.78, 5) is 0. The largest absolute Gasteiger partial charge is 0.390 e. The van der Waals surface area contributed by atoms with Crippen LogP contribution in [0.25, 0.3) is 5.69 Å². The molecule has 4 nitrogen and oxygen atoms in total. The summed E-state index contributed by atoms with van der Waals surface area (Å²) in [5.41, 5.74) is 2.92. The third kappa shape index (κ3) is 4.17. The second kappa shape index (κ2) is 7.20. The zero-order valence-corrected chi connectivity index (χ0v) is 12.3. The SMILES string of the molecule is CC(C)CCCCc1ccc(-n2cc(CO)nn2)cc1. The van der Waals surface area contributed by atoms with Crippen molar-refractivity contribution in [2.45, 2.75) is 46.1 Å². The van der Waals surface area contributed by atoms with Gasteiger partial charge in [-0.2, -0.15) is 0 Å². The second-order valence-corrected chi connectivity index (χ2v) is 5.62. The molecule has 0 spiro atoms. The van der Waals surface area contributed by atoms with Crippen molar-refractivity contribution in [2.24, 2.45) is 5.92 Å². The second-order valence-electron chi connectivity index (χ2n) is 5.62. The highest BCUT2D eigenvalue weighted by Crippen LogP contribution is 2.13. The summed E-state index contributed by atoms with van der Waals surface area (Å²) >= 11 is 0. The first kappa shape index (κ1) is 14.7. The Bertz CT molecular complexity index is 517. The molecule has 0 aliphatic rings. The summed E-state index contributed by atoms with van der Waals surface area (Å²) in [7, 11) is 0. The van der Waals surface area contributed by atoms with Gasteiger partial charge in [0.15, 0.2) is 0 Å². The van der Waals surface area contributed by atoms with Crippen LogP contribution in [0.1, 0.15) is 44.4 Å². The molecule has 0 saturated heterocycles. The minimum Gasteiger partial charge on any atom is -0.390 e. The van der Waals surface area contributed by atoms with E-state index in [1.165, 1.54) is 24.8 Å². The Morgan fingerprint density at radius 3 is 2.50 bits per heavy atom. The van der Waals surface area contributed by atoms with Gasteiger partial charge in [0.2, 0.25) is 0 Å². The number of hydrogen-bond donors (Lipinski definition) is 1. The molecule has 1 aromatic heterocycles. The van der Waals surface area contributed by atoms with Crippen molar-refractivity contribution in [3.8, 4) is 5.69 Å². The number of hydrogen-bond acceptors (Lipinski definition) is 3. The molecule has 0 saturated carbocycles. The van der Waals surface area contributed by atoms with Crippen LogP contribution >= 0.6 is 0 Å². The molecular weight excluding hydrogens is 250 g/mol. The average molecular weight is 273 g/mol. The smallest absolute Gasteiger partial charge is 0.109 e. The van der Waals surface area contributed by atoms with Crippen LogP contribution in [0.4, 0.5) is 0 Å². The monoisotopic (exact) mass is 273 g/mol. The van der Waals surface area contributed by atoms with Crippen LogP contribution in [0, 0.1) is 5.92 Å².